The molecule has 118 valence electrons. The van der Waals surface area contributed by atoms with E-state index < -0.39 is 0 Å². The van der Waals surface area contributed by atoms with E-state index in [0.29, 0.717) is 17.9 Å². The van der Waals surface area contributed by atoms with Crippen molar-refractivity contribution in [2.75, 3.05) is 30.9 Å². The van der Waals surface area contributed by atoms with Gasteiger partial charge in [0.05, 0.1) is 5.60 Å². The Morgan fingerprint density at radius 2 is 2.00 bits per heavy atom. The zero-order chi connectivity index (χ0) is 15.5. The Kier molecular flexibility index (Phi) is 5.22. The van der Waals surface area contributed by atoms with Crippen molar-refractivity contribution in [3.8, 4) is 0 Å². The molecule has 0 radical (unpaired) electrons. The minimum absolute atomic E-state index is 0.0306. The summed E-state index contributed by atoms with van der Waals surface area (Å²) in [7, 11) is 3.76. The minimum Gasteiger partial charge on any atom is -0.375 e. The van der Waals surface area contributed by atoms with E-state index >= 15 is 0 Å². The van der Waals surface area contributed by atoms with Crippen LogP contribution in [0.1, 0.15) is 39.5 Å². The number of halogens is 1. The molecule has 21 heavy (non-hydrogen) atoms. The zero-order valence-electron chi connectivity index (χ0n) is 13.2. The number of ether oxygens (including phenoxy) is 1. The molecule has 2 rings (SSSR count). The van der Waals surface area contributed by atoms with E-state index in [1.54, 1.807) is 0 Å². The van der Waals surface area contributed by atoms with Gasteiger partial charge in [-0.3, -0.25) is 0 Å². The molecular formula is C14H24ClN5O. The molecule has 0 spiro atoms. The van der Waals surface area contributed by atoms with E-state index in [4.69, 9.17) is 16.3 Å². The van der Waals surface area contributed by atoms with Crippen molar-refractivity contribution < 1.29 is 4.74 Å². The maximum atomic E-state index is 5.99. The second kappa shape index (κ2) is 6.75. The summed E-state index contributed by atoms with van der Waals surface area (Å²) in [6, 6.07) is 0.298. The van der Waals surface area contributed by atoms with Gasteiger partial charge in [0, 0.05) is 26.7 Å². The van der Waals surface area contributed by atoms with E-state index in [0.717, 1.165) is 32.3 Å². The first-order valence-electron chi connectivity index (χ1n) is 7.47. The Morgan fingerprint density at radius 3 is 2.62 bits per heavy atom. The Labute approximate surface area is 131 Å². The molecule has 7 heteroatoms. The van der Waals surface area contributed by atoms with Gasteiger partial charge < -0.3 is 15.0 Å². The van der Waals surface area contributed by atoms with Crippen LogP contribution in [0.4, 0.5) is 11.9 Å². The summed E-state index contributed by atoms with van der Waals surface area (Å²) in [5.74, 6) is 1.09. The van der Waals surface area contributed by atoms with Gasteiger partial charge in [-0.05, 0) is 37.3 Å². The molecule has 0 amide bonds. The maximum Gasteiger partial charge on any atom is 0.230 e. The van der Waals surface area contributed by atoms with Gasteiger partial charge >= 0.3 is 0 Å². The fraction of sp³-hybridized carbons (Fsp3) is 0.786. The molecule has 1 atom stereocenters. The molecule has 1 N–H and O–H groups in total. The number of aromatic nitrogens is 3. The SMILES string of the molecule is CCC1(CC)CC(Nc2nc(Cl)nc(N(C)C)n2)CCO1. The Morgan fingerprint density at radius 1 is 1.29 bits per heavy atom. The molecule has 6 nitrogen and oxygen atoms in total. The topological polar surface area (TPSA) is 63.2 Å². The van der Waals surface area contributed by atoms with Gasteiger partial charge in [0.25, 0.3) is 0 Å². The Bertz CT molecular complexity index is 478. The second-order valence-corrected chi connectivity index (χ2v) is 6.03. The highest BCUT2D eigenvalue weighted by Crippen LogP contribution is 2.32. The number of hydrogen-bond acceptors (Lipinski definition) is 6. The predicted octanol–water partition coefficient (Wildman–Crippen LogP) is 2.74. The predicted molar refractivity (Wildman–Crippen MR) is 85.1 cm³/mol. The highest BCUT2D eigenvalue weighted by Gasteiger charge is 2.34. The summed E-state index contributed by atoms with van der Waals surface area (Å²) >= 11 is 5.97. The summed E-state index contributed by atoms with van der Waals surface area (Å²) in [5.41, 5.74) is -0.0306. The first-order chi connectivity index (χ1) is 9.98. The summed E-state index contributed by atoms with van der Waals surface area (Å²) in [5, 5.41) is 3.60. The van der Waals surface area contributed by atoms with E-state index in [1.807, 2.05) is 19.0 Å². The van der Waals surface area contributed by atoms with E-state index in [9.17, 15) is 0 Å². The molecule has 1 aliphatic rings. The van der Waals surface area contributed by atoms with E-state index in [-0.39, 0.29) is 10.9 Å². The van der Waals surface area contributed by atoms with Gasteiger partial charge in [0.1, 0.15) is 0 Å². The molecule has 0 saturated carbocycles. The van der Waals surface area contributed by atoms with Gasteiger partial charge in [-0.15, -0.1) is 0 Å². The molecule has 0 aromatic carbocycles. The lowest BCUT2D eigenvalue weighted by atomic mass is 9.86. The van der Waals surface area contributed by atoms with Crippen LogP contribution in [-0.2, 0) is 4.74 Å². The number of rotatable bonds is 5. The number of nitrogens with zero attached hydrogens (tertiary/aromatic N) is 4. The van der Waals surface area contributed by atoms with Crippen molar-refractivity contribution in [3.63, 3.8) is 0 Å². The molecule has 1 aromatic heterocycles. The highest BCUT2D eigenvalue weighted by molar-refractivity contribution is 6.28. The highest BCUT2D eigenvalue weighted by atomic mass is 35.5. The maximum absolute atomic E-state index is 5.99. The van der Waals surface area contributed by atoms with Crippen LogP contribution in [-0.4, -0.2) is 47.3 Å². The van der Waals surface area contributed by atoms with Crippen LogP contribution in [0.15, 0.2) is 0 Å². The van der Waals surface area contributed by atoms with Crippen molar-refractivity contribution in [2.45, 2.75) is 51.2 Å². The van der Waals surface area contributed by atoms with Crippen molar-refractivity contribution in [1.82, 2.24) is 15.0 Å². The van der Waals surface area contributed by atoms with Crippen molar-refractivity contribution in [3.05, 3.63) is 5.28 Å². The third-order valence-corrected chi connectivity index (χ3v) is 4.28. The van der Waals surface area contributed by atoms with E-state index in [1.165, 1.54) is 0 Å². The minimum atomic E-state index is -0.0306. The smallest absolute Gasteiger partial charge is 0.230 e. The fourth-order valence-corrected chi connectivity index (χ4v) is 2.84. The zero-order valence-corrected chi connectivity index (χ0v) is 13.9. The molecular weight excluding hydrogens is 290 g/mol. The second-order valence-electron chi connectivity index (χ2n) is 5.70. The molecule has 1 aliphatic heterocycles. The van der Waals surface area contributed by atoms with Gasteiger partial charge in [0.15, 0.2) is 0 Å². The molecule has 1 saturated heterocycles. The monoisotopic (exact) mass is 313 g/mol. The van der Waals surface area contributed by atoms with Crippen LogP contribution < -0.4 is 10.2 Å². The lowest BCUT2D eigenvalue weighted by Gasteiger charge is -2.40. The van der Waals surface area contributed by atoms with Crippen LogP contribution in [0.3, 0.4) is 0 Å². The van der Waals surface area contributed by atoms with Crippen molar-refractivity contribution in [1.29, 1.82) is 0 Å². The summed E-state index contributed by atoms with van der Waals surface area (Å²) in [6.07, 6.45) is 3.94. The standard InChI is InChI=1S/C14H24ClN5O/c1-5-14(6-2)9-10(7-8-21-14)16-12-17-11(15)18-13(19-12)20(3)4/h10H,5-9H2,1-4H3,(H,16,17,18,19). The number of anilines is 2. The normalized spacial score (nSPS) is 21.1. The lowest BCUT2D eigenvalue weighted by Crippen LogP contribution is -2.43. The average molecular weight is 314 g/mol. The summed E-state index contributed by atoms with van der Waals surface area (Å²) in [4.78, 5) is 14.5. The van der Waals surface area contributed by atoms with Crippen LogP contribution in [0.2, 0.25) is 5.28 Å². The van der Waals surface area contributed by atoms with Crippen LogP contribution in [0, 0.1) is 0 Å². The molecule has 0 bridgehead atoms. The Balaban J connectivity index is 2.11. The third kappa shape index (κ3) is 3.95. The molecule has 1 fully saturated rings. The molecule has 2 heterocycles. The largest absolute Gasteiger partial charge is 0.375 e. The summed E-state index contributed by atoms with van der Waals surface area (Å²) in [6.45, 7) is 5.12. The van der Waals surface area contributed by atoms with Gasteiger partial charge in [-0.1, -0.05) is 13.8 Å². The summed E-state index contributed by atoms with van der Waals surface area (Å²) < 4.78 is 5.99. The number of hydrogen-bond donors (Lipinski definition) is 1. The molecule has 1 aromatic rings. The molecule has 0 aliphatic carbocycles. The van der Waals surface area contributed by atoms with Crippen LogP contribution in [0.5, 0.6) is 0 Å². The first kappa shape index (κ1) is 16.2. The van der Waals surface area contributed by atoms with Crippen molar-refractivity contribution in [2.24, 2.45) is 0 Å². The van der Waals surface area contributed by atoms with Gasteiger partial charge in [0.2, 0.25) is 17.2 Å². The third-order valence-electron chi connectivity index (χ3n) is 4.11. The molecule has 1 unspecified atom stereocenters. The quantitative estimate of drug-likeness (QED) is 0.902. The van der Waals surface area contributed by atoms with Crippen LogP contribution in [0.25, 0.3) is 0 Å². The van der Waals surface area contributed by atoms with Crippen molar-refractivity contribution >= 4 is 23.5 Å². The first-order valence-corrected chi connectivity index (χ1v) is 7.85. The number of nitrogens with one attached hydrogen (secondary N) is 1. The van der Waals surface area contributed by atoms with Crippen LogP contribution >= 0.6 is 11.6 Å². The fourth-order valence-electron chi connectivity index (χ4n) is 2.68. The Hall–Kier alpha value is -1.14. The van der Waals surface area contributed by atoms with Gasteiger partial charge in [-0.25, -0.2) is 0 Å². The van der Waals surface area contributed by atoms with Gasteiger partial charge in [-0.2, -0.15) is 15.0 Å². The average Bonchev–Trinajstić information content (AvgIpc) is 2.46. The van der Waals surface area contributed by atoms with E-state index in [2.05, 4.69) is 34.1 Å². The lowest BCUT2D eigenvalue weighted by molar-refractivity contribution is -0.0865.